The van der Waals surface area contributed by atoms with E-state index in [1.54, 1.807) is 5.43 Å². The summed E-state index contributed by atoms with van der Waals surface area (Å²) in [5.74, 6) is -2.73. The number of carbonyl (C=O) groups excluding carboxylic acids is 3. The van der Waals surface area contributed by atoms with Gasteiger partial charge >= 0.3 is 18.0 Å². The van der Waals surface area contributed by atoms with Crippen LogP contribution in [0, 0.1) is 0 Å². The summed E-state index contributed by atoms with van der Waals surface area (Å²) in [6.45, 7) is 2.23. The van der Waals surface area contributed by atoms with Crippen molar-refractivity contribution in [3.05, 3.63) is 23.8 Å². The highest BCUT2D eigenvalue weighted by Crippen LogP contribution is 2.31. The quantitative estimate of drug-likeness (QED) is 0.419. The van der Waals surface area contributed by atoms with Crippen LogP contribution in [-0.2, 0) is 9.59 Å². The van der Waals surface area contributed by atoms with E-state index < -0.39 is 23.9 Å². The van der Waals surface area contributed by atoms with Gasteiger partial charge < -0.3 is 14.6 Å². The predicted molar refractivity (Wildman–Crippen MR) is 67.7 cm³/mol. The van der Waals surface area contributed by atoms with Crippen LogP contribution in [0.15, 0.2) is 18.2 Å². The zero-order valence-electron chi connectivity index (χ0n) is 11.1. The molecule has 0 aliphatic carbocycles. The zero-order chi connectivity index (χ0) is 16.0. The smallest absolute Gasteiger partial charge is 0.423 e. The highest BCUT2D eigenvalue weighted by molar-refractivity contribution is 5.99. The van der Waals surface area contributed by atoms with E-state index in [1.807, 2.05) is 5.43 Å². The average Bonchev–Trinajstić information content (AvgIpc) is 2.36. The number of hydrazine groups is 1. The number of carboxylic acid groups (broad SMARTS) is 1. The van der Waals surface area contributed by atoms with Crippen LogP contribution in [0.3, 0.4) is 0 Å². The van der Waals surface area contributed by atoms with E-state index in [1.165, 1.54) is 18.2 Å². The van der Waals surface area contributed by atoms with Gasteiger partial charge in [0.05, 0.1) is 5.56 Å². The average molecular weight is 296 g/mol. The third-order valence-corrected chi connectivity index (χ3v) is 2.01. The van der Waals surface area contributed by atoms with Crippen molar-refractivity contribution in [3.63, 3.8) is 0 Å². The van der Waals surface area contributed by atoms with Gasteiger partial charge in [0, 0.05) is 13.8 Å². The van der Waals surface area contributed by atoms with Gasteiger partial charge in [-0.2, -0.15) is 0 Å². The molecule has 3 N–H and O–H groups in total. The lowest BCUT2D eigenvalue weighted by Crippen LogP contribution is -2.40. The normalized spacial score (nSPS) is 9.43. The maximum atomic E-state index is 11.8. The van der Waals surface area contributed by atoms with Crippen LogP contribution in [0.5, 0.6) is 11.5 Å². The molecule has 0 fully saturated rings. The Morgan fingerprint density at radius 3 is 2.14 bits per heavy atom. The first kappa shape index (κ1) is 16.0. The molecule has 0 spiro atoms. The first-order chi connectivity index (χ1) is 9.81. The Balaban J connectivity index is 3.16. The molecule has 1 aromatic rings. The van der Waals surface area contributed by atoms with E-state index in [0.29, 0.717) is 0 Å². The highest BCUT2D eigenvalue weighted by atomic mass is 16.6. The van der Waals surface area contributed by atoms with Gasteiger partial charge in [0.2, 0.25) is 0 Å². The Labute approximate surface area is 118 Å². The molecule has 1 rings (SSSR count). The number of amides is 2. The van der Waals surface area contributed by atoms with Crippen molar-refractivity contribution < 1.29 is 33.8 Å². The summed E-state index contributed by atoms with van der Waals surface area (Å²) in [6, 6.07) is 3.96. The largest absolute Gasteiger partial charge is 0.464 e. The van der Waals surface area contributed by atoms with Crippen LogP contribution < -0.4 is 20.3 Å². The molecule has 0 saturated carbocycles. The van der Waals surface area contributed by atoms with Crippen LogP contribution >= 0.6 is 0 Å². The van der Waals surface area contributed by atoms with Crippen molar-refractivity contribution in [1.82, 2.24) is 10.9 Å². The fourth-order valence-electron chi connectivity index (χ4n) is 1.36. The zero-order valence-corrected chi connectivity index (χ0v) is 11.1. The molecule has 0 unspecified atom stereocenters. The van der Waals surface area contributed by atoms with Crippen LogP contribution in [0.25, 0.3) is 0 Å². The number of esters is 2. The standard InChI is InChI=1S/C12H12N2O7/c1-6(15)20-9-5-3-4-8(10(9)21-7(2)16)11(17)13-14-12(18)19/h3-5,14H,1-2H3,(H,13,17)(H,18,19). The molecule has 112 valence electrons. The maximum absolute atomic E-state index is 11.8. The molecule has 0 heterocycles. The minimum Gasteiger partial charge on any atom is -0.464 e. The summed E-state index contributed by atoms with van der Waals surface area (Å²) in [7, 11) is 0. The van der Waals surface area contributed by atoms with Gasteiger partial charge in [0.25, 0.3) is 5.91 Å². The topological polar surface area (TPSA) is 131 Å². The number of nitrogens with one attached hydrogen (secondary N) is 2. The van der Waals surface area contributed by atoms with E-state index in [9.17, 15) is 19.2 Å². The number of para-hydroxylation sites is 1. The molecule has 0 aromatic heterocycles. The van der Waals surface area contributed by atoms with E-state index in [0.717, 1.165) is 13.8 Å². The summed E-state index contributed by atoms with van der Waals surface area (Å²) in [5, 5.41) is 8.42. The van der Waals surface area contributed by atoms with Crippen LogP contribution in [0.1, 0.15) is 24.2 Å². The van der Waals surface area contributed by atoms with E-state index in [4.69, 9.17) is 14.6 Å². The molecule has 21 heavy (non-hydrogen) atoms. The molecular formula is C12H12N2O7. The Kier molecular flexibility index (Phi) is 5.24. The second kappa shape index (κ2) is 6.89. The van der Waals surface area contributed by atoms with Gasteiger partial charge in [-0.15, -0.1) is 0 Å². The molecule has 9 nitrogen and oxygen atoms in total. The van der Waals surface area contributed by atoms with Crippen molar-refractivity contribution in [2.45, 2.75) is 13.8 Å². The molecule has 0 aliphatic rings. The molecule has 0 bridgehead atoms. The molecule has 0 aliphatic heterocycles. The molecule has 2 amide bonds. The third kappa shape index (κ3) is 4.82. The third-order valence-electron chi connectivity index (χ3n) is 2.01. The van der Waals surface area contributed by atoms with E-state index >= 15 is 0 Å². The lowest BCUT2D eigenvalue weighted by molar-refractivity contribution is -0.134. The first-order valence-electron chi connectivity index (χ1n) is 5.60. The molecule has 0 atom stereocenters. The van der Waals surface area contributed by atoms with Crippen molar-refractivity contribution in [2.24, 2.45) is 0 Å². The van der Waals surface area contributed by atoms with Crippen LogP contribution in [0.4, 0.5) is 4.79 Å². The number of carbonyl (C=O) groups is 4. The lowest BCUT2D eigenvalue weighted by atomic mass is 10.1. The predicted octanol–water partition coefficient (Wildman–Crippen LogP) is 0.450. The van der Waals surface area contributed by atoms with Gasteiger partial charge in [0.15, 0.2) is 11.5 Å². The van der Waals surface area contributed by atoms with E-state index in [-0.39, 0.29) is 17.1 Å². The molecule has 0 saturated heterocycles. The number of benzene rings is 1. The van der Waals surface area contributed by atoms with Gasteiger partial charge in [-0.3, -0.25) is 19.8 Å². The summed E-state index contributed by atoms with van der Waals surface area (Å²) in [6.07, 6.45) is -1.48. The van der Waals surface area contributed by atoms with Gasteiger partial charge in [-0.25, -0.2) is 10.2 Å². The fourth-order valence-corrected chi connectivity index (χ4v) is 1.36. The maximum Gasteiger partial charge on any atom is 0.423 e. The van der Waals surface area contributed by atoms with Crippen LogP contribution in [0.2, 0.25) is 0 Å². The minimum atomic E-state index is -1.48. The lowest BCUT2D eigenvalue weighted by Gasteiger charge is -2.13. The summed E-state index contributed by atoms with van der Waals surface area (Å²) in [4.78, 5) is 44.2. The van der Waals surface area contributed by atoms with Crippen molar-refractivity contribution in [1.29, 1.82) is 0 Å². The molecule has 1 aromatic carbocycles. The van der Waals surface area contributed by atoms with Gasteiger partial charge in [-0.05, 0) is 12.1 Å². The number of hydrogen-bond acceptors (Lipinski definition) is 6. The number of ether oxygens (including phenoxy) is 2. The van der Waals surface area contributed by atoms with Gasteiger partial charge in [-0.1, -0.05) is 6.07 Å². The summed E-state index contributed by atoms with van der Waals surface area (Å²) in [5.41, 5.74) is 3.34. The van der Waals surface area contributed by atoms with Crippen molar-refractivity contribution in [3.8, 4) is 11.5 Å². The Bertz CT molecular complexity index is 597. The fraction of sp³-hybridized carbons (Fsp3) is 0.167. The second-order valence-electron chi connectivity index (χ2n) is 3.70. The SMILES string of the molecule is CC(=O)Oc1cccc(C(=O)NNC(=O)O)c1OC(C)=O. The van der Waals surface area contributed by atoms with Crippen molar-refractivity contribution in [2.75, 3.05) is 0 Å². The number of rotatable bonds is 3. The van der Waals surface area contributed by atoms with Crippen LogP contribution in [-0.4, -0.2) is 29.0 Å². The number of hydrogen-bond donors (Lipinski definition) is 3. The van der Waals surface area contributed by atoms with Crippen molar-refractivity contribution >= 4 is 23.9 Å². The highest BCUT2D eigenvalue weighted by Gasteiger charge is 2.20. The first-order valence-corrected chi connectivity index (χ1v) is 5.60. The second-order valence-corrected chi connectivity index (χ2v) is 3.70. The monoisotopic (exact) mass is 296 g/mol. The molecule has 9 heteroatoms. The molecular weight excluding hydrogens is 284 g/mol. The minimum absolute atomic E-state index is 0.138. The Morgan fingerprint density at radius 2 is 1.62 bits per heavy atom. The Morgan fingerprint density at radius 1 is 1.00 bits per heavy atom. The van der Waals surface area contributed by atoms with Gasteiger partial charge in [0.1, 0.15) is 0 Å². The van der Waals surface area contributed by atoms with E-state index in [2.05, 4.69) is 0 Å². The summed E-state index contributed by atoms with van der Waals surface area (Å²) >= 11 is 0. The summed E-state index contributed by atoms with van der Waals surface area (Å²) < 4.78 is 9.68. The Hall–Kier alpha value is -3.10. The molecule has 0 radical (unpaired) electrons.